The molecule has 1 aliphatic rings. The maximum atomic E-state index is 11.9. The van der Waals surface area contributed by atoms with Crippen molar-refractivity contribution in [3.05, 3.63) is 18.2 Å². The van der Waals surface area contributed by atoms with Crippen LogP contribution in [-0.4, -0.2) is 22.1 Å². The molecular weight excluding hydrogens is 192 g/mol. The minimum absolute atomic E-state index is 0.180. The van der Waals surface area contributed by atoms with Crippen molar-refractivity contribution in [2.45, 2.75) is 19.7 Å². The summed E-state index contributed by atoms with van der Waals surface area (Å²) in [5.41, 5.74) is 0.195. The molecule has 15 heavy (non-hydrogen) atoms. The molecule has 1 fully saturated rings. The average molecular weight is 215 g/mol. The van der Waals surface area contributed by atoms with E-state index in [4.69, 9.17) is 14.3 Å². The van der Waals surface area contributed by atoms with Gasteiger partial charge < -0.3 is 9.30 Å². The van der Waals surface area contributed by atoms with Gasteiger partial charge in [0.2, 0.25) is 0 Å². The Morgan fingerprint density at radius 2 is 2.80 bits per heavy atom. The number of imidazole rings is 1. The first-order valence-electron chi connectivity index (χ1n) is 8.06. The van der Waals surface area contributed by atoms with E-state index in [2.05, 4.69) is 4.98 Å². The molecular formula is C11H16N2O2. The smallest absolute Gasteiger partial charge is 0.309 e. The maximum Gasteiger partial charge on any atom is 0.309 e. The third-order valence-corrected chi connectivity index (χ3v) is 2.40. The van der Waals surface area contributed by atoms with Crippen molar-refractivity contribution >= 4 is 5.97 Å². The van der Waals surface area contributed by atoms with Gasteiger partial charge in [0.1, 0.15) is 1.37 Å². The molecule has 2 atom stereocenters. The number of nitrogens with zero attached hydrogens (tertiary/aromatic N) is 2. The lowest BCUT2D eigenvalue weighted by Crippen LogP contribution is -2.18. The molecule has 0 unspecified atom stereocenters. The van der Waals surface area contributed by atoms with Crippen molar-refractivity contribution in [3.63, 3.8) is 0 Å². The number of aromatic nitrogens is 2. The maximum absolute atomic E-state index is 11.9. The molecule has 1 aliphatic heterocycles. The highest BCUT2D eigenvalue weighted by atomic mass is 16.5. The number of hydrogen-bond acceptors (Lipinski definition) is 3. The van der Waals surface area contributed by atoms with Gasteiger partial charge in [-0.1, -0.05) is 6.85 Å². The van der Waals surface area contributed by atoms with Gasteiger partial charge in [-0.05, 0) is 12.8 Å². The molecule has 82 valence electrons. The fourth-order valence-corrected chi connectivity index (χ4v) is 1.49. The Bertz CT molecular complexity index is 614. The number of esters is 1. The topological polar surface area (TPSA) is 44.1 Å². The predicted molar refractivity (Wildman–Crippen MR) is 55.1 cm³/mol. The van der Waals surface area contributed by atoms with E-state index in [0.717, 1.165) is 0 Å². The SMILES string of the molecule is [2H]c1nc([2H])n(C)c1C[C@@]1([2H])COC(=O)[C@@]1([2H])CC([2H])([2H])[2H]. The molecule has 0 N–H and O–H groups in total. The second kappa shape index (κ2) is 4.04. The van der Waals surface area contributed by atoms with E-state index >= 15 is 0 Å². The summed E-state index contributed by atoms with van der Waals surface area (Å²) in [6.07, 6.45) is -1.48. The van der Waals surface area contributed by atoms with Crippen molar-refractivity contribution in [1.82, 2.24) is 9.55 Å². The molecule has 1 aromatic rings. The fraction of sp³-hybridized carbons (Fsp3) is 0.636. The van der Waals surface area contributed by atoms with Gasteiger partial charge in [0, 0.05) is 31.7 Å². The lowest BCUT2D eigenvalue weighted by molar-refractivity contribution is -0.141. The molecule has 0 radical (unpaired) electrons. The Balaban J connectivity index is 2.40. The van der Waals surface area contributed by atoms with Crippen LogP contribution >= 0.6 is 0 Å². The van der Waals surface area contributed by atoms with Crippen LogP contribution in [0.2, 0.25) is 0 Å². The van der Waals surface area contributed by atoms with Gasteiger partial charge in [-0.2, -0.15) is 0 Å². The van der Waals surface area contributed by atoms with Crippen LogP contribution < -0.4 is 0 Å². The number of cyclic esters (lactones) is 1. The van der Waals surface area contributed by atoms with E-state index in [1.165, 1.54) is 11.6 Å². The van der Waals surface area contributed by atoms with Crippen LogP contribution in [0.15, 0.2) is 12.5 Å². The zero-order valence-corrected chi connectivity index (χ0v) is 8.33. The average Bonchev–Trinajstić information content (AvgIpc) is 2.71. The molecule has 2 heterocycles. The number of carbonyl (C=O) groups excluding carboxylic acids is 1. The molecule has 0 aliphatic carbocycles. The first-order valence-corrected chi connectivity index (χ1v) is 4.56. The Morgan fingerprint density at radius 3 is 3.47 bits per heavy atom. The summed E-state index contributed by atoms with van der Waals surface area (Å²) in [7, 11) is 1.49. The van der Waals surface area contributed by atoms with Gasteiger partial charge in [-0.25, -0.2) is 4.98 Å². The van der Waals surface area contributed by atoms with E-state index in [1.807, 2.05) is 0 Å². The molecule has 4 nitrogen and oxygen atoms in total. The Morgan fingerprint density at radius 1 is 1.93 bits per heavy atom. The summed E-state index contributed by atoms with van der Waals surface area (Å²) in [4.78, 5) is 15.5. The summed E-state index contributed by atoms with van der Waals surface area (Å²) < 4.78 is 59.8. The van der Waals surface area contributed by atoms with Crippen LogP contribution in [-0.2, 0) is 23.0 Å². The molecule has 4 heteroatoms. The van der Waals surface area contributed by atoms with Crippen molar-refractivity contribution in [1.29, 1.82) is 0 Å². The van der Waals surface area contributed by atoms with E-state index in [0.29, 0.717) is 0 Å². The summed E-state index contributed by atoms with van der Waals surface area (Å²) in [5.74, 6) is -5.15. The molecule has 0 bridgehead atoms. The standard InChI is InChI=1S/C11H16N2O2/c1-3-10-8(6-15-11(10)14)4-9-5-12-7-13(9)2/h5,7-8,10H,3-4,6H2,1-2H3/t8-,10-/m0/s1/i1D3,5D,7D,8D,10D. The number of carbonyl (C=O) groups is 1. The quantitative estimate of drug-likeness (QED) is 0.711. The van der Waals surface area contributed by atoms with Gasteiger partial charge in [-0.3, -0.25) is 4.79 Å². The Labute approximate surface area is 99.1 Å². The van der Waals surface area contributed by atoms with E-state index in [9.17, 15) is 4.79 Å². The minimum atomic E-state index is -2.56. The van der Waals surface area contributed by atoms with Crippen molar-refractivity contribution in [3.8, 4) is 0 Å². The van der Waals surface area contributed by atoms with E-state index < -0.39 is 37.6 Å². The predicted octanol–water partition coefficient (Wildman–Crippen LogP) is 1.16. The minimum Gasteiger partial charge on any atom is -0.465 e. The summed E-state index contributed by atoms with van der Waals surface area (Å²) >= 11 is 0. The zero-order chi connectivity index (χ0) is 16.9. The molecule has 2 rings (SSSR count). The second-order valence-corrected chi connectivity index (χ2v) is 3.34. The first kappa shape index (κ1) is 4.68. The van der Waals surface area contributed by atoms with Crippen LogP contribution in [0, 0.1) is 11.8 Å². The van der Waals surface area contributed by atoms with Crippen molar-refractivity contribution < 1.29 is 19.1 Å². The zero-order valence-electron chi connectivity index (χ0n) is 15.3. The molecule has 1 saturated heterocycles. The Kier molecular flexibility index (Phi) is 1.26. The van der Waals surface area contributed by atoms with Gasteiger partial charge >= 0.3 is 5.97 Å². The lowest BCUT2D eigenvalue weighted by Gasteiger charge is -2.12. The van der Waals surface area contributed by atoms with Gasteiger partial charge in [0.15, 0.2) is 0 Å². The highest BCUT2D eigenvalue weighted by Gasteiger charge is 2.35. The van der Waals surface area contributed by atoms with Crippen LogP contribution in [0.3, 0.4) is 0 Å². The molecule has 1 aromatic heterocycles. The molecule has 0 amide bonds. The summed E-state index contributed by atoms with van der Waals surface area (Å²) in [6.45, 7) is -2.99. The first-order chi connectivity index (χ1) is 9.90. The Hall–Kier alpha value is -1.32. The summed E-state index contributed by atoms with van der Waals surface area (Å²) in [6, 6.07) is 0. The third kappa shape index (κ3) is 1.89. The fourth-order valence-electron chi connectivity index (χ4n) is 1.49. The largest absolute Gasteiger partial charge is 0.465 e. The lowest BCUT2D eigenvalue weighted by atomic mass is 9.89. The van der Waals surface area contributed by atoms with Gasteiger partial charge in [0.05, 0.1) is 20.2 Å². The van der Waals surface area contributed by atoms with Gasteiger partial charge in [-0.15, -0.1) is 0 Å². The number of rotatable bonds is 3. The normalized spacial score (nSPS) is 43.0. The van der Waals surface area contributed by atoms with E-state index in [1.54, 1.807) is 0 Å². The van der Waals surface area contributed by atoms with E-state index in [-0.39, 0.29) is 24.6 Å². The molecule has 0 saturated carbocycles. The number of hydrogen-bond donors (Lipinski definition) is 0. The van der Waals surface area contributed by atoms with Crippen LogP contribution in [0.5, 0.6) is 0 Å². The van der Waals surface area contributed by atoms with Crippen LogP contribution in [0.1, 0.15) is 28.6 Å². The molecule has 0 spiro atoms. The second-order valence-electron chi connectivity index (χ2n) is 3.34. The van der Waals surface area contributed by atoms with Gasteiger partial charge in [0.25, 0.3) is 0 Å². The molecule has 0 aromatic carbocycles. The number of ether oxygens (including phenoxy) is 1. The monoisotopic (exact) mass is 215 g/mol. The van der Waals surface area contributed by atoms with Crippen molar-refractivity contribution in [2.24, 2.45) is 18.8 Å². The van der Waals surface area contributed by atoms with Crippen molar-refractivity contribution in [2.75, 3.05) is 6.61 Å². The van der Waals surface area contributed by atoms with Crippen LogP contribution in [0.4, 0.5) is 0 Å². The third-order valence-electron chi connectivity index (χ3n) is 2.40. The highest BCUT2D eigenvalue weighted by Crippen LogP contribution is 2.27. The van der Waals surface area contributed by atoms with Crippen LogP contribution in [0.25, 0.3) is 0 Å². The summed E-state index contributed by atoms with van der Waals surface area (Å²) in [5, 5.41) is 0. The highest BCUT2D eigenvalue weighted by molar-refractivity contribution is 5.74.